The van der Waals surface area contributed by atoms with E-state index >= 15 is 0 Å². The standard InChI is InChI=1S/C22H20N6O2S/c29-28(30)19-8-9-20(17-10-11-23-14-18(17)19)31-22-25-24-21(15-26-12-4-5-13-26)27(22)16-6-2-1-3-7-16/h1-3,6-11,14H,4-5,12-13,15H2. The molecule has 9 heteroatoms. The van der Waals surface area contributed by atoms with E-state index in [1.165, 1.54) is 36.9 Å². The number of benzene rings is 2. The Balaban J connectivity index is 1.58. The summed E-state index contributed by atoms with van der Waals surface area (Å²) in [6, 6.07) is 15.2. The van der Waals surface area contributed by atoms with Gasteiger partial charge in [-0.3, -0.25) is 24.6 Å². The average Bonchev–Trinajstić information content (AvgIpc) is 3.45. The van der Waals surface area contributed by atoms with E-state index in [4.69, 9.17) is 0 Å². The molecule has 0 spiro atoms. The molecule has 0 radical (unpaired) electrons. The molecule has 4 aromatic rings. The molecule has 156 valence electrons. The lowest BCUT2D eigenvalue weighted by Crippen LogP contribution is -2.21. The smallest absolute Gasteiger partial charge is 0.278 e. The van der Waals surface area contributed by atoms with Gasteiger partial charge in [0.05, 0.1) is 16.9 Å². The number of hydrogen-bond acceptors (Lipinski definition) is 7. The Kier molecular flexibility index (Phi) is 5.35. The first-order valence-corrected chi connectivity index (χ1v) is 10.9. The number of nitrogens with zero attached hydrogens (tertiary/aromatic N) is 6. The van der Waals surface area contributed by atoms with Gasteiger partial charge in [-0.2, -0.15) is 0 Å². The van der Waals surface area contributed by atoms with Crippen LogP contribution in [0.3, 0.4) is 0 Å². The van der Waals surface area contributed by atoms with Crippen LogP contribution in [0.15, 0.2) is 71.0 Å². The van der Waals surface area contributed by atoms with E-state index in [1.54, 1.807) is 18.3 Å². The predicted molar refractivity (Wildman–Crippen MR) is 118 cm³/mol. The minimum Gasteiger partial charge on any atom is -0.296 e. The SMILES string of the molecule is O=[N+]([O-])c1ccc(Sc2nnc(CN3CCCC3)n2-c2ccccc2)c2ccncc12. The number of hydrogen-bond donors (Lipinski definition) is 0. The number of non-ortho nitro benzene ring substituents is 1. The van der Waals surface area contributed by atoms with E-state index < -0.39 is 0 Å². The molecule has 0 amide bonds. The molecule has 0 unspecified atom stereocenters. The van der Waals surface area contributed by atoms with Gasteiger partial charge in [0.15, 0.2) is 5.82 Å². The lowest BCUT2D eigenvalue weighted by Gasteiger charge is -2.16. The highest BCUT2D eigenvalue weighted by Gasteiger charge is 2.21. The summed E-state index contributed by atoms with van der Waals surface area (Å²) in [7, 11) is 0. The van der Waals surface area contributed by atoms with Crippen LogP contribution in [0.2, 0.25) is 0 Å². The van der Waals surface area contributed by atoms with Gasteiger partial charge in [0, 0.05) is 34.4 Å². The molecule has 31 heavy (non-hydrogen) atoms. The summed E-state index contributed by atoms with van der Waals surface area (Å²) in [4.78, 5) is 18.4. The first-order valence-electron chi connectivity index (χ1n) is 10.1. The maximum Gasteiger partial charge on any atom is 0.278 e. The second-order valence-electron chi connectivity index (χ2n) is 7.42. The molecule has 0 bridgehead atoms. The molecule has 0 atom stereocenters. The summed E-state index contributed by atoms with van der Waals surface area (Å²) >= 11 is 1.46. The number of pyridine rings is 1. The van der Waals surface area contributed by atoms with Crippen molar-refractivity contribution >= 4 is 28.2 Å². The molecule has 3 heterocycles. The van der Waals surface area contributed by atoms with Crippen molar-refractivity contribution in [2.75, 3.05) is 13.1 Å². The number of rotatable bonds is 6. The third-order valence-electron chi connectivity index (χ3n) is 5.43. The van der Waals surface area contributed by atoms with E-state index in [-0.39, 0.29) is 10.6 Å². The molecular weight excluding hydrogens is 412 g/mol. The first-order chi connectivity index (χ1) is 15.2. The van der Waals surface area contributed by atoms with Gasteiger partial charge in [-0.25, -0.2) is 0 Å². The van der Waals surface area contributed by atoms with Crippen LogP contribution in [0, 0.1) is 10.1 Å². The number of likely N-dealkylation sites (tertiary alicyclic amines) is 1. The molecule has 1 aliphatic heterocycles. The summed E-state index contributed by atoms with van der Waals surface area (Å²) < 4.78 is 2.08. The Morgan fingerprint density at radius 2 is 1.81 bits per heavy atom. The van der Waals surface area contributed by atoms with Crippen molar-refractivity contribution in [1.29, 1.82) is 0 Å². The molecular formula is C22H20N6O2S. The number of fused-ring (bicyclic) bond motifs is 1. The van der Waals surface area contributed by atoms with Crippen LogP contribution in [0.1, 0.15) is 18.7 Å². The maximum absolute atomic E-state index is 11.4. The van der Waals surface area contributed by atoms with Crippen molar-refractivity contribution in [3.63, 3.8) is 0 Å². The number of para-hydroxylation sites is 1. The van der Waals surface area contributed by atoms with Crippen molar-refractivity contribution in [3.8, 4) is 5.69 Å². The fraction of sp³-hybridized carbons (Fsp3) is 0.227. The Bertz CT molecular complexity index is 1240. The van der Waals surface area contributed by atoms with Gasteiger partial charge in [0.1, 0.15) is 0 Å². The van der Waals surface area contributed by atoms with Crippen molar-refractivity contribution in [2.24, 2.45) is 0 Å². The van der Waals surface area contributed by atoms with Crippen LogP contribution < -0.4 is 0 Å². The monoisotopic (exact) mass is 432 g/mol. The van der Waals surface area contributed by atoms with E-state index in [9.17, 15) is 10.1 Å². The molecule has 1 fully saturated rings. The van der Waals surface area contributed by atoms with Gasteiger partial charge in [0.2, 0.25) is 5.16 Å². The zero-order valence-electron chi connectivity index (χ0n) is 16.7. The second-order valence-corrected chi connectivity index (χ2v) is 8.43. The Hall–Kier alpha value is -3.30. The fourth-order valence-corrected chi connectivity index (χ4v) is 4.94. The molecule has 0 aliphatic carbocycles. The van der Waals surface area contributed by atoms with E-state index in [0.717, 1.165) is 46.6 Å². The summed E-state index contributed by atoms with van der Waals surface area (Å²) in [5, 5.41) is 22.5. The quantitative estimate of drug-likeness (QED) is 0.328. The van der Waals surface area contributed by atoms with Gasteiger partial charge in [0.25, 0.3) is 5.69 Å². The van der Waals surface area contributed by atoms with Crippen LogP contribution in [0.4, 0.5) is 5.69 Å². The molecule has 1 aliphatic rings. The largest absolute Gasteiger partial charge is 0.296 e. The molecule has 5 rings (SSSR count). The van der Waals surface area contributed by atoms with Crippen LogP contribution in [-0.2, 0) is 6.54 Å². The summed E-state index contributed by atoms with van der Waals surface area (Å²) in [6.07, 6.45) is 5.61. The average molecular weight is 433 g/mol. The number of aromatic nitrogens is 4. The van der Waals surface area contributed by atoms with Crippen molar-refractivity contribution in [2.45, 2.75) is 29.4 Å². The minimum atomic E-state index is -0.376. The van der Waals surface area contributed by atoms with E-state index in [1.807, 2.05) is 30.3 Å². The van der Waals surface area contributed by atoms with Gasteiger partial charge in [-0.05, 0) is 62.0 Å². The molecule has 0 saturated carbocycles. The molecule has 2 aromatic carbocycles. The summed E-state index contributed by atoms with van der Waals surface area (Å²) in [5.74, 6) is 0.892. The lowest BCUT2D eigenvalue weighted by atomic mass is 10.1. The predicted octanol–water partition coefficient (Wildman–Crippen LogP) is 4.47. The Morgan fingerprint density at radius 3 is 2.58 bits per heavy atom. The number of nitro groups is 1. The van der Waals surface area contributed by atoms with E-state index in [0.29, 0.717) is 5.39 Å². The highest BCUT2D eigenvalue weighted by Crippen LogP contribution is 2.37. The third-order valence-corrected chi connectivity index (χ3v) is 6.45. The lowest BCUT2D eigenvalue weighted by molar-refractivity contribution is -0.383. The van der Waals surface area contributed by atoms with Gasteiger partial charge >= 0.3 is 0 Å². The third kappa shape index (κ3) is 3.89. The number of nitro benzene ring substituents is 1. The highest BCUT2D eigenvalue weighted by atomic mass is 32.2. The topological polar surface area (TPSA) is 90.0 Å². The van der Waals surface area contributed by atoms with Crippen LogP contribution in [0.5, 0.6) is 0 Å². The van der Waals surface area contributed by atoms with Crippen LogP contribution in [0.25, 0.3) is 16.5 Å². The van der Waals surface area contributed by atoms with Crippen molar-refractivity contribution < 1.29 is 4.92 Å². The molecule has 2 aromatic heterocycles. The van der Waals surface area contributed by atoms with E-state index in [2.05, 4.69) is 24.6 Å². The fourth-order valence-electron chi connectivity index (χ4n) is 3.94. The molecule has 0 N–H and O–H groups in total. The second kappa shape index (κ2) is 8.44. The Labute approximate surface area is 183 Å². The highest BCUT2D eigenvalue weighted by molar-refractivity contribution is 7.99. The Morgan fingerprint density at radius 1 is 1.00 bits per heavy atom. The normalized spacial score (nSPS) is 14.3. The minimum absolute atomic E-state index is 0.0479. The van der Waals surface area contributed by atoms with Gasteiger partial charge < -0.3 is 0 Å². The van der Waals surface area contributed by atoms with Crippen LogP contribution in [-0.4, -0.2) is 42.7 Å². The molecule has 1 saturated heterocycles. The zero-order valence-corrected chi connectivity index (χ0v) is 17.5. The van der Waals surface area contributed by atoms with Crippen molar-refractivity contribution in [3.05, 3.63) is 76.9 Å². The summed E-state index contributed by atoms with van der Waals surface area (Å²) in [6.45, 7) is 2.89. The molecule has 8 nitrogen and oxygen atoms in total. The maximum atomic E-state index is 11.4. The van der Waals surface area contributed by atoms with Gasteiger partial charge in [-0.15, -0.1) is 10.2 Å². The first kappa shape index (κ1) is 19.7. The van der Waals surface area contributed by atoms with Gasteiger partial charge in [-0.1, -0.05) is 18.2 Å². The summed E-state index contributed by atoms with van der Waals surface area (Å²) in [5.41, 5.74) is 1.05. The van der Waals surface area contributed by atoms with Crippen molar-refractivity contribution in [1.82, 2.24) is 24.6 Å². The zero-order chi connectivity index (χ0) is 21.2. The van der Waals surface area contributed by atoms with Crippen LogP contribution >= 0.6 is 11.8 Å².